The van der Waals surface area contributed by atoms with Crippen molar-refractivity contribution in [3.8, 4) is 11.8 Å². The molecule has 0 aromatic heterocycles. The Morgan fingerprint density at radius 2 is 1.71 bits per heavy atom. The van der Waals surface area contributed by atoms with Gasteiger partial charge in [-0.3, -0.25) is 0 Å². The van der Waals surface area contributed by atoms with Crippen LogP contribution in [0, 0.1) is 11.8 Å². The average molecular weight is 306 g/mol. The Hall–Kier alpha value is -1.35. The minimum atomic E-state index is -3.44. The molecule has 1 aliphatic carbocycles. The van der Waals surface area contributed by atoms with Gasteiger partial charge in [0.25, 0.3) is 0 Å². The topological polar surface area (TPSA) is 72.2 Å². The second-order valence-corrected chi connectivity index (χ2v) is 7.05. The van der Waals surface area contributed by atoms with E-state index in [9.17, 15) is 8.42 Å². The fourth-order valence-electron chi connectivity index (χ4n) is 2.56. The lowest BCUT2D eigenvalue weighted by Gasteiger charge is -2.16. The SMILES string of the molecule is NCC#Cc1ccc(S(=O)(=O)NC2CCCCCC2)cc1. The van der Waals surface area contributed by atoms with Crippen LogP contribution < -0.4 is 10.5 Å². The van der Waals surface area contributed by atoms with Crippen molar-refractivity contribution in [3.63, 3.8) is 0 Å². The van der Waals surface area contributed by atoms with Crippen molar-refractivity contribution in [2.45, 2.75) is 49.5 Å². The first-order valence-electron chi connectivity index (χ1n) is 7.43. The maximum absolute atomic E-state index is 12.4. The van der Waals surface area contributed by atoms with Gasteiger partial charge in [-0.25, -0.2) is 13.1 Å². The highest BCUT2D eigenvalue weighted by Gasteiger charge is 2.20. The molecule has 0 radical (unpaired) electrons. The van der Waals surface area contributed by atoms with Gasteiger partial charge in [0.05, 0.1) is 11.4 Å². The lowest BCUT2D eigenvalue weighted by molar-refractivity contribution is 0.510. The highest BCUT2D eigenvalue weighted by molar-refractivity contribution is 7.89. The predicted molar refractivity (Wildman–Crippen MR) is 84.2 cm³/mol. The third kappa shape index (κ3) is 4.85. The summed E-state index contributed by atoms with van der Waals surface area (Å²) in [6.45, 7) is 0.295. The van der Waals surface area contributed by atoms with Crippen molar-refractivity contribution in [3.05, 3.63) is 29.8 Å². The van der Waals surface area contributed by atoms with Crippen LogP contribution in [0.15, 0.2) is 29.2 Å². The van der Waals surface area contributed by atoms with Gasteiger partial charge in [-0.2, -0.15) is 0 Å². The molecule has 1 saturated carbocycles. The van der Waals surface area contributed by atoms with E-state index in [0.29, 0.717) is 11.4 Å². The Morgan fingerprint density at radius 3 is 2.29 bits per heavy atom. The molecule has 0 heterocycles. The second-order valence-electron chi connectivity index (χ2n) is 5.34. The summed E-state index contributed by atoms with van der Waals surface area (Å²) in [5.41, 5.74) is 6.08. The van der Waals surface area contributed by atoms with Crippen molar-refractivity contribution >= 4 is 10.0 Å². The van der Waals surface area contributed by atoms with Gasteiger partial charge >= 0.3 is 0 Å². The Kier molecular flexibility index (Phi) is 5.80. The Balaban J connectivity index is 2.07. The summed E-state index contributed by atoms with van der Waals surface area (Å²) in [4.78, 5) is 0.296. The van der Waals surface area contributed by atoms with Crippen molar-refractivity contribution < 1.29 is 8.42 Å². The molecule has 1 fully saturated rings. The highest BCUT2D eigenvalue weighted by atomic mass is 32.2. The molecule has 0 amide bonds. The van der Waals surface area contributed by atoms with E-state index in [-0.39, 0.29) is 6.04 Å². The zero-order chi connectivity index (χ0) is 15.1. The van der Waals surface area contributed by atoms with Gasteiger partial charge in [-0.15, -0.1) is 0 Å². The van der Waals surface area contributed by atoms with Crippen LogP contribution in [-0.2, 0) is 10.0 Å². The average Bonchev–Trinajstić information content (AvgIpc) is 2.73. The molecule has 0 bridgehead atoms. The number of hydrogen-bond donors (Lipinski definition) is 2. The number of nitrogens with one attached hydrogen (secondary N) is 1. The van der Waals surface area contributed by atoms with Crippen molar-refractivity contribution in [2.24, 2.45) is 5.73 Å². The molecule has 0 unspecified atom stereocenters. The van der Waals surface area contributed by atoms with Gasteiger partial charge in [0.15, 0.2) is 0 Å². The zero-order valence-corrected chi connectivity index (χ0v) is 13.0. The first-order chi connectivity index (χ1) is 10.1. The molecule has 4 nitrogen and oxygen atoms in total. The molecule has 0 aliphatic heterocycles. The van der Waals surface area contributed by atoms with Crippen LogP contribution in [0.3, 0.4) is 0 Å². The van der Waals surface area contributed by atoms with Crippen LogP contribution in [0.2, 0.25) is 0 Å². The first kappa shape index (κ1) is 16.0. The van der Waals surface area contributed by atoms with Crippen LogP contribution in [0.25, 0.3) is 0 Å². The third-order valence-corrected chi connectivity index (χ3v) is 5.21. The Morgan fingerprint density at radius 1 is 1.10 bits per heavy atom. The number of nitrogens with two attached hydrogens (primary N) is 1. The maximum Gasteiger partial charge on any atom is 0.240 e. The fourth-order valence-corrected chi connectivity index (χ4v) is 3.86. The van der Waals surface area contributed by atoms with E-state index in [4.69, 9.17) is 5.73 Å². The summed E-state index contributed by atoms with van der Waals surface area (Å²) in [5, 5.41) is 0. The predicted octanol–water partition coefficient (Wildman–Crippen LogP) is 2.00. The van der Waals surface area contributed by atoms with Crippen LogP contribution in [0.4, 0.5) is 0 Å². The standard InChI is InChI=1S/C16H22N2O2S/c17-13-5-6-14-9-11-16(12-10-14)21(19,20)18-15-7-3-1-2-4-8-15/h9-12,15,18H,1-4,7-8,13,17H2. The number of benzene rings is 1. The van der Waals surface area contributed by atoms with Gasteiger partial charge in [-0.05, 0) is 37.1 Å². The van der Waals surface area contributed by atoms with Gasteiger partial charge in [0.2, 0.25) is 10.0 Å². The molecule has 0 saturated heterocycles. The normalized spacial score (nSPS) is 16.8. The van der Waals surface area contributed by atoms with Crippen LogP contribution in [-0.4, -0.2) is 21.0 Å². The molecule has 1 aliphatic rings. The summed E-state index contributed by atoms with van der Waals surface area (Å²) < 4.78 is 27.6. The molecule has 1 aromatic carbocycles. The monoisotopic (exact) mass is 306 g/mol. The molecule has 21 heavy (non-hydrogen) atoms. The molecule has 3 N–H and O–H groups in total. The number of sulfonamides is 1. The van der Waals surface area contributed by atoms with Crippen molar-refractivity contribution in [1.82, 2.24) is 4.72 Å². The van der Waals surface area contributed by atoms with Crippen molar-refractivity contribution in [2.75, 3.05) is 6.54 Å². The van der Waals surface area contributed by atoms with E-state index < -0.39 is 10.0 Å². The van der Waals surface area contributed by atoms with E-state index in [1.54, 1.807) is 24.3 Å². The van der Waals surface area contributed by atoms with Crippen LogP contribution >= 0.6 is 0 Å². The van der Waals surface area contributed by atoms with Crippen molar-refractivity contribution in [1.29, 1.82) is 0 Å². The minimum Gasteiger partial charge on any atom is -0.320 e. The Labute approximate surface area is 127 Å². The van der Waals surface area contributed by atoms with Gasteiger partial charge in [0.1, 0.15) is 0 Å². The lowest BCUT2D eigenvalue weighted by Crippen LogP contribution is -2.34. The molecule has 0 atom stereocenters. The highest BCUT2D eigenvalue weighted by Crippen LogP contribution is 2.19. The fraction of sp³-hybridized carbons (Fsp3) is 0.500. The number of hydrogen-bond acceptors (Lipinski definition) is 3. The summed E-state index contributed by atoms with van der Waals surface area (Å²) >= 11 is 0. The lowest BCUT2D eigenvalue weighted by atomic mass is 10.1. The quantitative estimate of drug-likeness (QED) is 0.663. The van der Waals surface area contributed by atoms with E-state index >= 15 is 0 Å². The van der Waals surface area contributed by atoms with Gasteiger partial charge in [0, 0.05) is 11.6 Å². The Bertz CT molecular complexity index is 604. The largest absolute Gasteiger partial charge is 0.320 e. The van der Waals surface area contributed by atoms with E-state index in [0.717, 1.165) is 31.2 Å². The van der Waals surface area contributed by atoms with E-state index in [2.05, 4.69) is 16.6 Å². The second kappa shape index (κ2) is 7.60. The minimum absolute atomic E-state index is 0.0641. The smallest absolute Gasteiger partial charge is 0.240 e. The maximum atomic E-state index is 12.4. The molecular weight excluding hydrogens is 284 g/mol. The molecule has 2 rings (SSSR count). The molecule has 0 spiro atoms. The number of rotatable bonds is 3. The van der Waals surface area contributed by atoms with E-state index in [1.165, 1.54) is 12.8 Å². The first-order valence-corrected chi connectivity index (χ1v) is 8.91. The third-order valence-electron chi connectivity index (χ3n) is 3.68. The summed E-state index contributed by atoms with van der Waals surface area (Å²) in [6, 6.07) is 6.68. The van der Waals surface area contributed by atoms with Gasteiger partial charge in [-0.1, -0.05) is 37.5 Å². The molecule has 1 aromatic rings. The zero-order valence-electron chi connectivity index (χ0n) is 12.1. The summed E-state index contributed by atoms with van der Waals surface area (Å²) in [6.07, 6.45) is 6.46. The summed E-state index contributed by atoms with van der Waals surface area (Å²) in [5.74, 6) is 5.63. The molecule has 114 valence electrons. The van der Waals surface area contributed by atoms with Crippen LogP contribution in [0.5, 0.6) is 0 Å². The molecular formula is C16H22N2O2S. The summed E-state index contributed by atoms with van der Waals surface area (Å²) in [7, 11) is -3.44. The van der Waals surface area contributed by atoms with Gasteiger partial charge < -0.3 is 5.73 Å². The molecule has 5 heteroatoms. The van der Waals surface area contributed by atoms with Crippen LogP contribution in [0.1, 0.15) is 44.1 Å². The van der Waals surface area contributed by atoms with E-state index in [1.807, 2.05) is 0 Å².